The Labute approximate surface area is 173 Å². The zero-order valence-corrected chi connectivity index (χ0v) is 17.5. The number of hydrogen-bond acceptors (Lipinski definition) is 7. The molecule has 9 nitrogen and oxygen atoms in total. The van der Waals surface area contributed by atoms with E-state index in [0.29, 0.717) is 6.54 Å². The minimum absolute atomic E-state index is 0.00174. The van der Waals surface area contributed by atoms with Gasteiger partial charge in [-0.2, -0.15) is 8.42 Å². The number of rotatable bonds is 3. The van der Waals surface area contributed by atoms with Crippen molar-refractivity contribution in [3.8, 4) is 5.75 Å². The van der Waals surface area contributed by atoms with Crippen molar-refractivity contribution in [2.45, 2.75) is 25.7 Å². The van der Waals surface area contributed by atoms with E-state index < -0.39 is 21.3 Å². The van der Waals surface area contributed by atoms with Gasteiger partial charge in [0.2, 0.25) is 0 Å². The van der Waals surface area contributed by atoms with Crippen LogP contribution in [0.3, 0.4) is 0 Å². The van der Waals surface area contributed by atoms with Crippen molar-refractivity contribution in [2.24, 2.45) is 9.81 Å². The fourth-order valence-electron chi connectivity index (χ4n) is 3.10. The van der Waals surface area contributed by atoms with E-state index in [-0.39, 0.29) is 38.4 Å². The summed E-state index contributed by atoms with van der Waals surface area (Å²) in [5, 5.41) is 14.0. The molecule has 0 radical (unpaired) electrons. The molecule has 0 atom stereocenters. The van der Waals surface area contributed by atoms with Gasteiger partial charge in [0.25, 0.3) is 15.6 Å². The highest BCUT2D eigenvalue weighted by Gasteiger charge is 2.30. The van der Waals surface area contributed by atoms with E-state index in [9.17, 15) is 18.3 Å². The lowest BCUT2D eigenvalue weighted by atomic mass is 9.97. The summed E-state index contributed by atoms with van der Waals surface area (Å²) in [6.07, 6.45) is 1.51. The van der Waals surface area contributed by atoms with E-state index in [4.69, 9.17) is 0 Å². The number of aromatic nitrogens is 2. The molecule has 1 aliphatic rings. The predicted octanol–water partition coefficient (Wildman–Crippen LogP) is 2.25. The van der Waals surface area contributed by atoms with Crippen molar-refractivity contribution in [3.05, 3.63) is 58.5 Å². The number of hydrogen-bond donors (Lipinski definition) is 3. The number of nitrogens with one attached hydrogen (secondary N) is 2. The van der Waals surface area contributed by atoms with Crippen molar-refractivity contribution in [1.82, 2.24) is 9.66 Å². The smallest absolute Gasteiger partial charge is 0.286 e. The first kappa shape index (κ1) is 19.9. The van der Waals surface area contributed by atoms with Gasteiger partial charge < -0.3 is 15.8 Å². The Morgan fingerprint density at radius 2 is 1.90 bits per heavy atom. The maximum Gasteiger partial charge on any atom is 0.286 e. The molecule has 0 bridgehead atoms. The third-order valence-electron chi connectivity index (χ3n) is 4.54. The number of fused-ring (bicyclic) bond motifs is 2. The van der Waals surface area contributed by atoms with Gasteiger partial charge in [-0.1, -0.05) is 32.9 Å². The molecule has 156 valence electrons. The van der Waals surface area contributed by atoms with Gasteiger partial charge >= 0.3 is 0 Å². The number of benzene rings is 1. The molecule has 0 saturated heterocycles. The second-order valence-electron chi connectivity index (χ2n) is 8.17. The van der Waals surface area contributed by atoms with Crippen LogP contribution in [0.15, 0.2) is 56.7 Å². The Morgan fingerprint density at radius 3 is 2.63 bits per heavy atom. The number of nitrogens with zero attached hydrogens (tertiary/aromatic N) is 3. The number of para-hydroxylation sites is 1. The molecule has 30 heavy (non-hydrogen) atoms. The molecule has 0 unspecified atom stereocenters. The maximum absolute atomic E-state index is 13.3. The molecule has 4 rings (SSSR count). The second kappa shape index (κ2) is 6.84. The molecule has 2 aromatic heterocycles. The minimum Gasteiger partial charge on any atom is -0.506 e. The quantitative estimate of drug-likeness (QED) is 0.585. The van der Waals surface area contributed by atoms with E-state index >= 15 is 0 Å². The number of amidine groups is 1. The van der Waals surface area contributed by atoms with E-state index in [1.807, 2.05) is 20.8 Å². The summed E-state index contributed by atoms with van der Waals surface area (Å²) in [5.41, 5.74) is 2.48. The molecule has 0 spiro atoms. The van der Waals surface area contributed by atoms with Crippen LogP contribution in [-0.4, -0.2) is 35.6 Å². The monoisotopic (exact) mass is 427 g/mol. The van der Waals surface area contributed by atoms with Crippen LogP contribution in [0.4, 0.5) is 5.69 Å². The molecule has 3 heterocycles. The predicted molar refractivity (Wildman–Crippen MR) is 115 cm³/mol. The van der Waals surface area contributed by atoms with Crippen LogP contribution in [0.25, 0.3) is 11.0 Å². The van der Waals surface area contributed by atoms with Crippen molar-refractivity contribution < 1.29 is 13.5 Å². The SMILES string of the molecule is CC(C)(C)CNn1c(=O)c(C2=NS(=O)(=O)c3ccccc3N2)c(O)c2cccnc21. The van der Waals surface area contributed by atoms with Gasteiger partial charge in [-0.05, 0) is 29.7 Å². The van der Waals surface area contributed by atoms with E-state index in [2.05, 4.69) is 20.1 Å². The van der Waals surface area contributed by atoms with Crippen LogP contribution in [-0.2, 0) is 10.0 Å². The first-order chi connectivity index (χ1) is 14.1. The maximum atomic E-state index is 13.3. The Hall–Kier alpha value is -3.40. The third kappa shape index (κ3) is 3.39. The number of pyridine rings is 2. The van der Waals surface area contributed by atoms with Gasteiger partial charge in [0.15, 0.2) is 11.5 Å². The lowest BCUT2D eigenvalue weighted by Gasteiger charge is -2.23. The highest BCUT2D eigenvalue weighted by Crippen LogP contribution is 2.31. The van der Waals surface area contributed by atoms with E-state index in [1.54, 1.807) is 30.3 Å². The molecule has 3 N–H and O–H groups in total. The number of sulfonamides is 1. The van der Waals surface area contributed by atoms with Crippen molar-refractivity contribution in [3.63, 3.8) is 0 Å². The standard InChI is InChI=1S/C20H21N5O4S/c1-20(2,3)11-22-25-18-12(7-6-10-21-18)16(26)15(19(25)27)17-23-13-8-4-5-9-14(13)30(28,29)24-17/h4-10,22,26H,11H2,1-3H3,(H,23,24). The summed E-state index contributed by atoms with van der Waals surface area (Å²) >= 11 is 0. The molecule has 0 aliphatic carbocycles. The zero-order valence-electron chi connectivity index (χ0n) is 16.7. The lowest BCUT2D eigenvalue weighted by molar-refractivity contribution is 0.425. The van der Waals surface area contributed by atoms with Crippen molar-refractivity contribution in [2.75, 3.05) is 17.3 Å². The van der Waals surface area contributed by atoms with Gasteiger partial charge in [-0.25, -0.2) is 9.66 Å². The largest absolute Gasteiger partial charge is 0.506 e. The summed E-state index contributed by atoms with van der Waals surface area (Å²) in [6, 6.07) is 9.45. The Balaban J connectivity index is 1.97. The minimum atomic E-state index is -4.04. The summed E-state index contributed by atoms with van der Waals surface area (Å²) in [7, 11) is -4.04. The second-order valence-corrected chi connectivity index (χ2v) is 9.74. The van der Waals surface area contributed by atoms with Crippen LogP contribution < -0.4 is 16.3 Å². The van der Waals surface area contributed by atoms with Crippen LogP contribution in [0.2, 0.25) is 0 Å². The fourth-order valence-corrected chi connectivity index (χ4v) is 4.23. The van der Waals surface area contributed by atoms with Gasteiger partial charge in [-0.3, -0.25) is 4.79 Å². The van der Waals surface area contributed by atoms with Crippen LogP contribution in [0.5, 0.6) is 5.75 Å². The Bertz CT molecular complexity index is 1350. The molecule has 10 heteroatoms. The van der Waals surface area contributed by atoms with Gasteiger partial charge in [0.1, 0.15) is 16.2 Å². The first-order valence-corrected chi connectivity index (χ1v) is 10.7. The summed E-state index contributed by atoms with van der Waals surface area (Å²) in [5.74, 6) is -0.633. The van der Waals surface area contributed by atoms with E-state index in [1.165, 1.54) is 16.9 Å². The molecular weight excluding hydrogens is 406 g/mol. The molecule has 3 aromatic rings. The van der Waals surface area contributed by atoms with Crippen molar-refractivity contribution >= 4 is 32.6 Å². The molecule has 0 fully saturated rings. The van der Waals surface area contributed by atoms with Crippen molar-refractivity contribution in [1.29, 1.82) is 0 Å². The van der Waals surface area contributed by atoms with Gasteiger partial charge in [-0.15, -0.1) is 4.40 Å². The summed E-state index contributed by atoms with van der Waals surface area (Å²) in [6.45, 7) is 6.43. The number of aromatic hydroxyl groups is 1. The first-order valence-electron chi connectivity index (χ1n) is 9.26. The van der Waals surface area contributed by atoms with Crippen LogP contribution in [0, 0.1) is 5.41 Å². The molecular formula is C20H21N5O4S. The lowest BCUT2D eigenvalue weighted by Crippen LogP contribution is -2.39. The molecule has 0 saturated carbocycles. The van der Waals surface area contributed by atoms with Gasteiger partial charge in [0, 0.05) is 12.7 Å². The highest BCUT2D eigenvalue weighted by molar-refractivity contribution is 7.90. The molecule has 1 aliphatic heterocycles. The van der Waals surface area contributed by atoms with Gasteiger partial charge in [0.05, 0.1) is 11.1 Å². The zero-order chi connectivity index (χ0) is 21.7. The van der Waals surface area contributed by atoms with E-state index in [0.717, 1.165) is 0 Å². The summed E-state index contributed by atoms with van der Waals surface area (Å²) < 4.78 is 30.3. The fraction of sp³-hybridized carbons (Fsp3) is 0.250. The Morgan fingerprint density at radius 1 is 1.17 bits per heavy atom. The normalized spacial score (nSPS) is 15.2. The number of anilines is 1. The third-order valence-corrected chi connectivity index (χ3v) is 5.88. The van der Waals surface area contributed by atoms with Crippen LogP contribution >= 0.6 is 0 Å². The average Bonchev–Trinajstić information content (AvgIpc) is 2.67. The highest BCUT2D eigenvalue weighted by atomic mass is 32.2. The molecule has 1 aromatic carbocycles. The molecule has 0 amide bonds. The summed E-state index contributed by atoms with van der Waals surface area (Å²) in [4.78, 5) is 17.5. The topological polar surface area (TPSA) is 126 Å². The van der Waals surface area contributed by atoms with Crippen LogP contribution in [0.1, 0.15) is 26.3 Å². The Kier molecular flexibility index (Phi) is 4.53. The average molecular weight is 427 g/mol.